The predicted octanol–water partition coefficient (Wildman–Crippen LogP) is 2.56. The molecule has 2 aromatic carbocycles. The zero-order chi connectivity index (χ0) is 24.6. The van der Waals surface area contributed by atoms with Crippen molar-refractivity contribution < 1.29 is 37.2 Å². The van der Waals surface area contributed by atoms with E-state index >= 15 is 0 Å². The molecule has 0 atom stereocenters. The van der Waals surface area contributed by atoms with E-state index in [2.05, 4.69) is 56.4 Å². The Morgan fingerprint density at radius 1 is 0.613 bits per heavy atom. The van der Waals surface area contributed by atoms with E-state index in [0.717, 1.165) is 33.2 Å². The maximum absolute atomic E-state index is 12.6. The van der Waals surface area contributed by atoms with Crippen LogP contribution in [-0.2, 0) is 9.84 Å². The minimum absolute atomic E-state index is 0.405. The third-order valence-electron chi connectivity index (χ3n) is 2.81. The van der Waals surface area contributed by atoms with Gasteiger partial charge in [0.1, 0.15) is 0 Å². The topological polar surface area (TPSA) is 109 Å². The van der Waals surface area contributed by atoms with Gasteiger partial charge in [-0.05, 0) is 24.3 Å². The second-order valence-corrected chi connectivity index (χ2v) is 11.4. The van der Waals surface area contributed by atoms with E-state index in [-0.39, 0.29) is 0 Å². The minimum atomic E-state index is -4.25. The average molecular weight is 455 g/mol. The van der Waals surface area contributed by atoms with Gasteiger partial charge in [-0.25, -0.2) is 18.0 Å². The third-order valence-corrected chi connectivity index (χ3v) is 4.68. The third kappa shape index (κ3) is 11.3. The van der Waals surface area contributed by atoms with Crippen molar-refractivity contribution in [3.05, 3.63) is 59.7 Å². The largest absolute Gasteiger partial charge is 0.478 e. The lowest BCUT2D eigenvalue weighted by atomic mass is 10.2. The van der Waals surface area contributed by atoms with Gasteiger partial charge < -0.3 is 19.2 Å². The van der Waals surface area contributed by atoms with Gasteiger partial charge in [-0.3, -0.25) is 0 Å². The highest BCUT2D eigenvalue weighted by molar-refractivity contribution is 7.91. The molecule has 0 aliphatic rings. The molecule has 2 rings (SSSR count). The quantitative estimate of drug-likeness (QED) is 0.688. The second-order valence-electron chi connectivity index (χ2n) is 9.47. The molecule has 0 heterocycles. The molecule has 0 spiro atoms. The summed E-state index contributed by atoms with van der Waals surface area (Å²) < 4.78 is 27.1. The fourth-order valence-corrected chi connectivity index (χ4v) is 3.52. The Morgan fingerprint density at radius 2 is 0.839 bits per heavy atom. The molecule has 9 heteroatoms. The van der Waals surface area contributed by atoms with Crippen LogP contribution in [0.3, 0.4) is 0 Å². The van der Waals surface area contributed by atoms with E-state index < -0.39 is 42.7 Å². The number of aromatic carboxylic acids is 2. The summed E-state index contributed by atoms with van der Waals surface area (Å²) in [5.41, 5.74) is -0.810. The van der Waals surface area contributed by atoms with E-state index in [9.17, 15) is 18.0 Å². The number of hydrogen-bond donors (Lipinski definition) is 2. The van der Waals surface area contributed by atoms with Crippen molar-refractivity contribution in [2.45, 2.75) is 9.79 Å². The van der Waals surface area contributed by atoms with Crippen molar-refractivity contribution in [3.63, 3.8) is 0 Å². The van der Waals surface area contributed by atoms with Crippen LogP contribution in [0.15, 0.2) is 58.3 Å². The van der Waals surface area contributed by atoms with Gasteiger partial charge in [0.15, 0.2) is 0 Å². The van der Waals surface area contributed by atoms with Crippen molar-refractivity contribution in [2.24, 2.45) is 0 Å². The predicted molar refractivity (Wildman–Crippen MR) is 120 cm³/mol. The first-order valence-corrected chi connectivity index (χ1v) is 10.8. The summed E-state index contributed by atoms with van der Waals surface area (Å²) in [7, 11) is 12.7. The van der Waals surface area contributed by atoms with Crippen LogP contribution in [0.4, 0.5) is 0 Å². The molecule has 0 radical (unpaired) electrons. The summed E-state index contributed by atoms with van der Waals surface area (Å²) in [6, 6.07) is 10.1. The van der Waals surface area contributed by atoms with Crippen molar-refractivity contribution >= 4 is 21.8 Å². The van der Waals surface area contributed by atoms with Crippen molar-refractivity contribution in [3.8, 4) is 0 Å². The Bertz CT molecular complexity index is 916. The molecule has 8 nitrogen and oxygen atoms in total. The van der Waals surface area contributed by atoms with Gasteiger partial charge in [-0.15, -0.1) is 0 Å². The van der Waals surface area contributed by atoms with Crippen LogP contribution in [0.25, 0.3) is 0 Å². The summed E-state index contributed by atoms with van der Waals surface area (Å²) in [6.07, 6.45) is 0. The van der Waals surface area contributed by atoms with E-state index in [1.165, 1.54) is 24.3 Å². The molecule has 2 N–H and O–H groups in total. The summed E-state index contributed by atoms with van der Waals surface area (Å²) in [5.74, 6) is -2.80. The Kier molecular flexibility index (Phi) is 10.1. The van der Waals surface area contributed by atoms with Crippen LogP contribution in [0, 0.1) is 0 Å². The van der Waals surface area contributed by atoms with Gasteiger partial charge in [0.05, 0.1) is 77.3 Å². The zero-order valence-corrected chi connectivity index (χ0v) is 20.3. The van der Waals surface area contributed by atoms with Crippen LogP contribution in [0.5, 0.6) is 0 Å². The highest BCUT2D eigenvalue weighted by Gasteiger charge is 2.27. The average Bonchev–Trinajstić information content (AvgIpc) is 2.58. The van der Waals surface area contributed by atoms with Crippen LogP contribution >= 0.6 is 0 Å². The molecule has 0 amide bonds. The van der Waals surface area contributed by atoms with Crippen molar-refractivity contribution in [1.29, 1.82) is 0 Å². The summed E-state index contributed by atoms with van der Waals surface area (Å²) in [5, 5.41) is 18.1. The molecule has 0 unspecified atom stereocenters. The molecular weight excluding hydrogens is 420 g/mol. The number of carbonyl (C=O) groups is 2. The fraction of sp³-hybridized carbons (Fsp3) is 0.364. The Balaban J connectivity index is 0.000000752. The molecule has 0 bridgehead atoms. The second kappa shape index (κ2) is 11.0. The molecule has 2 aromatic rings. The van der Waals surface area contributed by atoms with Crippen LogP contribution in [-0.4, -0.2) is 95.9 Å². The number of benzene rings is 2. The maximum Gasteiger partial charge on any atom is 0.337 e. The number of carboxylic acid groups (broad SMARTS) is 2. The monoisotopic (exact) mass is 454 g/mol. The van der Waals surface area contributed by atoms with E-state index in [4.69, 9.17) is 10.2 Å². The molecule has 0 saturated carbocycles. The van der Waals surface area contributed by atoms with Gasteiger partial charge in [0, 0.05) is 0 Å². The molecular formula is C22H34N2O6S+2. The van der Waals surface area contributed by atoms with E-state index in [1.54, 1.807) is 0 Å². The summed E-state index contributed by atoms with van der Waals surface area (Å²) in [6.45, 7) is 0. The Hall–Kier alpha value is -2.75. The Morgan fingerprint density at radius 3 is 1.06 bits per heavy atom. The number of quaternary nitrogens is 2. The first-order valence-electron chi connectivity index (χ1n) is 9.33. The maximum atomic E-state index is 12.6. The van der Waals surface area contributed by atoms with Gasteiger partial charge in [0.25, 0.3) is 0 Å². The lowest BCUT2D eigenvalue weighted by molar-refractivity contribution is -0.849. The number of carboxylic acids is 2. The number of nitrogens with zero attached hydrogens (tertiary/aromatic N) is 2. The van der Waals surface area contributed by atoms with Gasteiger partial charge in [-0.2, -0.15) is 0 Å². The highest BCUT2D eigenvalue weighted by Crippen LogP contribution is 2.26. The highest BCUT2D eigenvalue weighted by atomic mass is 32.2. The summed E-state index contributed by atoms with van der Waals surface area (Å²) >= 11 is 0. The van der Waals surface area contributed by atoms with Gasteiger partial charge in [-0.1, -0.05) is 24.3 Å². The minimum Gasteiger partial charge on any atom is -0.478 e. The molecule has 0 aliphatic carbocycles. The van der Waals surface area contributed by atoms with E-state index in [0.29, 0.717) is 0 Å². The molecule has 0 saturated heterocycles. The molecule has 172 valence electrons. The van der Waals surface area contributed by atoms with Gasteiger partial charge in [0.2, 0.25) is 9.84 Å². The number of sulfone groups is 1. The van der Waals surface area contributed by atoms with Gasteiger partial charge >= 0.3 is 11.9 Å². The zero-order valence-electron chi connectivity index (χ0n) is 19.4. The van der Waals surface area contributed by atoms with Crippen LogP contribution in [0.1, 0.15) is 20.7 Å². The van der Waals surface area contributed by atoms with Crippen LogP contribution in [0.2, 0.25) is 0 Å². The molecule has 0 aliphatic heterocycles. The summed E-state index contributed by atoms with van der Waals surface area (Å²) in [4.78, 5) is 21.4. The SMILES string of the molecule is C[N+](C)(C)C.C[N+](C)(C)C.O=C(O)c1ccccc1S(=O)(=O)c1ccccc1C(=O)O. The van der Waals surface area contributed by atoms with E-state index in [1.807, 2.05) is 0 Å². The van der Waals surface area contributed by atoms with Crippen molar-refractivity contribution in [1.82, 2.24) is 0 Å². The molecule has 31 heavy (non-hydrogen) atoms. The first-order chi connectivity index (χ1) is 13.9. The Labute approximate surface area is 185 Å². The standard InChI is InChI=1S/C14H10O6S.2C4H12N/c15-13(16)9-5-1-3-7-11(9)21(19,20)12-8-4-2-6-10(12)14(17)18;2*1-5(2,3)4/h1-8H,(H,15,16)(H,17,18);2*1-4H3/q;2*+1. The fourth-order valence-electron chi connectivity index (χ4n) is 1.87. The lowest BCUT2D eigenvalue weighted by Crippen LogP contribution is -2.27. The normalized spacial score (nSPS) is 11.4. The van der Waals surface area contributed by atoms with Crippen LogP contribution < -0.4 is 0 Å². The van der Waals surface area contributed by atoms with Crippen molar-refractivity contribution in [2.75, 3.05) is 56.4 Å². The first kappa shape index (κ1) is 28.2. The smallest absolute Gasteiger partial charge is 0.337 e. The molecule has 0 aromatic heterocycles. The number of hydrogen-bond acceptors (Lipinski definition) is 4. The lowest BCUT2D eigenvalue weighted by Gasteiger charge is -2.14. The number of rotatable bonds is 4. The molecule has 0 fully saturated rings.